The number of hydrogen-bond donors (Lipinski definition) is 0. The van der Waals surface area contributed by atoms with Crippen LogP contribution < -0.4 is 15.1 Å². The third-order valence-electron chi connectivity index (χ3n) is 5.04. The Bertz CT molecular complexity index is 736. The molecule has 0 spiro atoms. The first-order valence-electron chi connectivity index (χ1n) is 8.00. The van der Waals surface area contributed by atoms with Crippen molar-refractivity contribution in [3.05, 3.63) is 34.7 Å². The van der Waals surface area contributed by atoms with Crippen LogP contribution in [0.2, 0.25) is 0 Å². The molecule has 1 aromatic heterocycles. The van der Waals surface area contributed by atoms with Gasteiger partial charge in [-0.15, -0.1) is 0 Å². The fourth-order valence-corrected chi connectivity index (χ4v) is 4.02. The Kier molecular flexibility index (Phi) is 3.32. The summed E-state index contributed by atoms with van der Waals surface area (Å²) in [5.74, 6) is 2.69. The highest BCUT2D eigenvalue weighted by atomic mass is 16.5. The molecule has 2 saturated carbocycles. The van der Waals surface area contributed by atoms with Crippen molar-refractivity contribution in [2.75, 3.05) is 7.11 Å². The van der Waals surface area contributed by atoms with Gasteiger partial charge in [0, 0.05) is 11.5 Å². The number of fused-ring (bicyclic) bond motifs is 3. The number of rotatable bonds is 3. The summed E-state index contributed by atoms with van der Waals surface area (Å²) >= 11 is 0. The van der Waals surface area contributed by atoms with Crippen LogP contribution in [-0.4, -0.2) is 13.2 Å². The molecule has 1 heterocycles. The third kappa shape index (κ3) is 2.47. The van der Waals surface area contributed by atoms with Gasteiger partial charge in [-0.3, -0.25) is 0 Å². The van der Waals surface area contributed by atoms with Crippen LogP contribution in [0.5, 0.6) is 11.5 Å². The average molecular weight is 300 g/mol. The van der Waals surface area contributed by atoms with Crippen LogP contribution in [0.1, 0.15) is 32.1 Å². The van der Waals surface area contributed by atoms with Gasteiger partial charge in [0.2, 0.25) is 5.75 Å². The second-order valence-corrected chi connectivity index (χ2v) is 6.56. The van der Waals surface area contributed by atoms with Crippen molar-refractivity contribution in [3.8, 4) is 11.5 Å². The fourth-order valence-electron chi connectivity index (χ4n) is 4.02. The fraction of sp³-hybridized carbons (Fsp3) is 0.500. The molecule has 0 unspecified atom stereocenters. The molecule has 0 N–H and O–H groups in total. The maximum Gasteiger partial charge on any atom is 0.379 e. The molecule has 2 fully saturated rings. The first-order chi connectivity index (χ1) is 10.7. The van der Waals surface area contributed by atoms with E-state index in [-0.39, 0.29) is 5.75 Å². The van der Waals surface area contributed by atoms with E-state index in [2.05, 4.69) is 0 Å². The van der Waals surface area contributed by atoms with Gasteiger partial charge in [0.15, 0.2) is 0 Å². The van der Waals surface area contributed by atoms with Crippen molar-refractivity contribution in [1.82, 2.24) is 0 Å². The van der Waals surface area contributed by atoms with E-state index in [1.54, 1.807) is 6.07 Å². The molecule has 22 heavy (non-hydrogen) atoms. The average Bonchev–Trinajstić information content (AvgIpc) is 2.85. The molecule has 4 rings (SSSR count). The van der Waals surface area contributed by atoms with Crippen molar-refractivity contribution >= 4 is 11.0 Å². The number of ether oxygens (including phenoxy) is 2. The lowest BCUT2D eigenvalue weighted by Gasteiger charge is -2.28. The van der Waals surface area contributed by atoms with Gasteiger partial charge >= 0.3 is 5.63 Å². The number of hydrogen-bond acceptors (Lipinski definition) is 4. The standard InChI is InChI=1S/C18H20O4/c1-20-17-9-13-4-5-14(10-16(13)22-18(17)19)21-15-7-11-2-3-12(6-11)8-15/h4-5,9-12,15H,2-3,6-8H2,1H3/t11-,12+,15+. The van der Waals surface area contributed by atoms with E-state index in [1.165, 1.54) is 26.4 Å². The maximum atomic E-state index is 11.7. The summed E-state index contributed by atoms with van der Waals surface area (Å²) < 4.78 is 16.5. The Labute approximate surface area is 129 Å². The summed E-state index contributed by atoms with van der Waals surface area (Å²) in [5.41, 5.74) is 0.0879. The predicted molar refractivity (Wildman–Crippen MR) is 83.5 cm³/mol. The molecule has 3 atom stereocenters. The van der Waals surface area contributed by atoms with Gasteiger partial charge < -0.3 is 13.9 Å². The van der Waals surface area contributed by atoms with Crippen molar-refractivity contribution in [2.45, 2.75) is 38.2 Å². The molecular weight excluding hydrogens is 280 g/mol. The van der Waals surface area contributed by atoms with Crippen LogP contribution in [0.4, 0.5) is 0 Å². The highest BCUT2D eigenvalue weighted by Gasteiger charge is 2.35. The van der Waals surface area contributed by atoms with Gasteiger partial charge in [0.1, 0.15) is 11.3 Å². The molecule has 4 nitrogen and oxygen atoms in total. The van der Waals surface area contributed by atoms with E-state index in [1.807, 2.05) is 18.2 Å². The third-order valence-corrected chi connectivity index (χ3v) is 5.04. The van der Waals surface area contributed by atoms with E-state index < -0.39 is 5.63 Å². The molecule has 1 aromatic carbocycles. The van der Waals surface area contributed by atoms with E-state index in [0.717, 1.165) is 35.8 Å². The zero-order valence-corrected chi connectivity index (χ0v) is 12.7. The monoisotopic (exact) mass is 300 g/mol. The summed E-state index contributed by atoms with van der Waals surface area (Å²) in [5, 5.41) is 0.840. The Morgan fingerprint density at radius 3 is 2.59 bits per heavy atom. The van der Waals surface area contributed by atoms with Crippen LogP contribution in [0.25, 0.3) is 11.0 Å². The van der Waals surface area contributed by atoms with Gasteiger partial charge in [0.05, 0.1) is 13.2 Å². The van der Waals surface area contributed by atoms with Gasteiger partial charge in [-0.05, 0) is 49.3 Å². The van der Waals surface area contributed by atoms with Gasteiger partial charge in [0.25, 0.3) is 0 Å². The molecule has 0 saturated heterocycles. The highest BCUT2D eigenvalue weighted by Crippen LogP contribution is 2.43. The molecular formula is C18H20O4. The predicted octanol–water partition coefficient (Wildman–Crippen LogP) is 3.76. The first kappa shape index (κ1) is 13.7. The SMILES string of the molecule is COc1cc2ccc(O[C@H]3C[C@@H]4CC[C@@H](C4)C3)cc2oc1=O. The Morgan fingerprint density at radius 2 is 1.86 bits per heavy atom. The van der Waals surface area contributed by atoms with Crippen molar-refractivity contribution < 1.29 is 13.9 Å². The smallest absolute Gasteiger partial charge is 0.379 e. The second kappa shape index (κ2) is 5.34. The Morgan fingerprint density at radius 1 is 1.09 bits per heavy atom. The summed E-state index contributed by atoms with van der Waals surface area (Å²) in [6.07, 6.45) is 6.70. The lowest BCUT2D eigenvalue weighted by molar-refractivity contribution is 0.119. The van der Waals surface area contributed by atoms with Crippen molar-refractivity contribution in [1.29, 1.82) is 0 Å². The quantitative estimate of drug-likeness (QED) is 0.810. The maximum absolute atomic E-state index is 11.7. The lowest BCUT2D eigenvalue weighted by Crippen LogP contribution is -2.26. The minimum Gasteiger partial charge on any atom is -0.490 e. The van der Waals surface area contributed by atoms with E-state index in [0.29, 0.717) is 11.7 Å². The highest BCUT2D eigenvalue weighted by molar-refractivity contribution is 5.79. The largest absolute Gasteiger partial charge is 0.490 e. The molecule has 2 bridgehead atoms. The van der Waals surface area contributed by atoms with Crippen LogP contribution in [0.15, 0.2) is 33.5 Å². The topological polar surface area (TPSA) is 48.7 Å². The second-order valence-electron chi connectivity index (χ2n) is 6.56. The zero-order chi connectivity index (χ0) is 15.1. The van der Waals surface area contributed by atoms with Crippen molar-refractivity contribution in [2.24, 2.45) is 11.8 Å². The summed E-state index contributed by atoms with van der Waals surface area (Å²) in [7, 11) is 1.47. The molecule has 4 heteroatoms. The molecule has 0 amide bonds. The molecule has 2 aliphatic carbocycles. The normalized spacial score (nSPS) is 27.0. The number of benzene rings is 1. The van der Waals surface area contributed by atoms with Gasteiger partial charge in [-0.25, -0.2) is 4.79 Å². The first-order valence-corrected chi connectivity index (χ1v) is 8.00. The van der Waals surface area contributed by atoms with E-state index in [4.69, 9.17) is 13.9 Å². The van der Waals surface area contributed by atoms with E-state index >= 15 is 0 Å². The van der Waals surface area contributed by atoms with Gasteiger partial charge in [-0.2, -0.15) is 0 Å². The van der Waals surface area contributed by atoms with Crippen LogP contribution in [-0.2, 0) is 0 Å². The summed E-state index contributed by atoms with van der Waals surface area (Å²) in [6.45, 7) is 0. The minimum atomic E-state index is -0.456. The summed E-state index contributed by atoms with van der Waals surface area (Å²) in [4.78, 5) is 11.7. The molecule has 116 valence electrons. The van der Waals surface area contributed by atoms with Crippen LogP contribution in [0.3, 0.4) is 0 Å². The van der Waals surface area contributed by atoms with E-state index in [9.17, 15) is 4.79 Å². The molecule has 2 aromatic rings. The van der Waals surface area contributed by atoms with Crippen molar-refractivity contribution in [3.63, 3.8) is 0 Å². The molecule has 0 radical (unpaired) electrons. The van der Waals surface area contributed by atoms with Gasteiger partial charge in [-0.1, -0.05) is 12.8 Å². The minimum absolute atomic E-state index is 0.227. The lowest BCUT2D eigenvalue weighted by atomic mass is 9.87. The molecule has 2 aliphatic rings. The Balaban J connectivity index is 1.58. The number of methoxy groups -OCH3 is 1. The van der Waals surface area contributed by atoms with Crippen LogP contribution in [0, 0.1) is 11.8 Å². The molecule has 0 aliphatic heterocycles. The summed E-state index contributed by atoms with van der Waals surface area (Å²) in [6, 6.07) is 7.37. The zero-order valence-electron chi connectivity index (χ0n) is 12.7. The van der Waals surface area contributed by atoms with Crippen LogP contribution >= 0.6 is 0 Å². The Hall–Kier alpha value is -1.97.